The maximum Gasteiger partial charge on any atom is 0.0314 e. The zero-order valence-corrected chi connectivity index (χ0v) is 10.8. The average molecular weight is 243 g/mol. The molecule has 2 heteroatoms. The van der Waals surface area contributed by atoms with Gasteiger partial charge < -0.3 is 5.73 Å². The average Bonchev–Trinajstić information content (AvgIpc) is 2.39. The predicted molar refractivity (Wildman–Crippen MR) is 76.2 cm³/mol. The molecule has 0 spiro atoms. The van der Waals surface area contributed by atoms with E-state index in [9.17, 15) is 0 Å². The molecule has 0 atom stereocenters. The number of rotatable bonds is 4. The third-order valence-corrected chi connectivity index (χ3v) is 3.80. The van der Waals surface area contributed by atoms with Gasteiger partial charge in [0.1, 0.15) is 0 Å². The van der Waals surface area contributed by atoms with Crippen molar-refractivity contribution in [2.45, 2.75) is 24.0 Å². The van der Waals surface area contributed by atoms with E-state index in [1.165, 1.54) is 16.0 Å². The van der Waals surface area contributed by atoms with Crippen molar-refractivity contribution < 1.29 is 0 Å². The molecule has 0 saturated heterocycles. The van der Waals surface area contributed by atoms with Gasteiger partial charge in [0.15, 0.2) is 0 Å². The van der Waals surface area contributed by atoms with Gasteiger partial charge in [-0.15, -0.1) is 11.8 Å². The van der Waals surface area contributed by atoms with Crippen LogP contribution >= 0.6 is 11.8 Å². The number of benzene rings is 2. The third kappa shape index (κ3) is 3.53. The molecular weight excluding hydrogens is 226 g/mol. The minimum Gasteiger partial charge on any atom is -0.399 e. The van der Waals surface area contributed by atoms with Crippen molar-refractivity contribution in [3.8, 4) is 0 Å². The number of thioether (sulfide) groups is 1. The number of aryl methyl sites for hydroxylation is 1. The summed E-state index contributed by atoms with van der Waals surface area (Å²) in [5.74, 6) is 1.01. The lowest BCUT2D eigenvalue weighted by atomic mass is 10.1. The Bertz CT molecular complexity index is 459. The molecule has 0 bridgehead atoms. The molecule has 2 aromatic rings. The molecule has 0 fully saturated rings. The molecule has 0 aliphatic carbocycles. The fourth-order valence-corrected chi connectivity index (χ4v) is 2.46. The van der Waals surface area contributed by atoms with Gasteiger partial charge in [0.2, 0.25) is 0 Å². The molecule has 0 radical (unpaired) electrons. The standard InChI is InChI=1S/C15H17NS/c1-2-12-3-5-13(6-4-12)11-17-15-9-7-14(16)8-10-15/h3-10H,2,11,16H2,1H3. The van der Waals surface area contributed by atoms with E-state index in [0.717, 1.165) is 17.9 Å². The normalized spacial score (nSPS) is 10.4. The van der Waals surface area contributed by atoms with Gasteiger partial charge in [-0.3, -0.25) is 0 Å². The summed E-state index contributed by atoms with van der Waals surface area (Å²) in [5.41, 5.74) is 9.24. The Morgan fingerprint density at radius 2 is 1.47 bits per heavy atom. The fraction of sp³-hybridized carbons (Fsp3) is 0.200. The Morgan fingerprint density at radius 3 is 2.06 bits per heavy atom. The number of hydrogen-bond donors (Lipinski definition) is 1. The maximum absolute atomic E-state index is 5.66. The zero-order chi connectivity index (χ0) is 12.1. The van der Waals surface area contributed by atoms with Crippen LogP contribution in [-0.4, -0.2) is 0 Å². The predicted octanol–water partition coefficient (Wildman–Crippen LogP) is 4.12. The molecule has 0 amide bonds. The second-order valence-electron chi connectivity index (χ2n) is 4.03. The van der Waals surface area contributed by atoms with E-state index in [1.54, 1.807) is 0 Å². The number of nitrogens with two attached hydrogens (primary N) is 1. The van der Waals surface area contributed by atoms with Crippen LogP contribution in [-0.2, 0) is 12.2 Å². The smallest absolute Gasteiger partial charge is 0.0314 e. The molecular formula is C15H17NS. The van der Waals surface area contributed by atoms with Crippen molar-refractivity contribution >= 4 is 17.4 Å². The molecule has 0 saturated carbocycles. The first-order valence-corrected chi connectivity index (χ1v) is 6.82. The first kappa shape index (κ1) is 12.1. The maximum atomic E-state index is 5.66. The van der Waals surface area contributed by atoms with Gasteiger partial charge in [-0.05, 0) is 41.8 Å². The lowest BCUT2D eigenvalue weighted by molar-refractivity contribution is 1.13. The van der Waals surface area contributed by atoms with Crippen molar-refractivity contribution in [3.63, 3.8) is 0 Å². The van der Waals surface area contributed by atoms with Gasteiger partial charge in [-0.25, -0.2) is 0 Å². The molecule has 1 nitrogen and oxygen atoms in total. The minimum atomic E-state index is 0.821. The summed E-state index contributed by atoms with van der Waals surface area (Å²) >= 11 is 1.84. The van der Waals surface area contributed by atoms with Crippen LogP contribution in [0.3, 0.4) is 0 Å². The topological polar surface area (TPSA) is 26.0 Å². The van der Waals surface area contributed by atoms with Crippen LogP contribution in [0.1, 0.15) is 18.1 Å². The highest BCUT2D eigenvalue weighted by molar-refractivity contribution is 7.98. The molecule has 0 heterocycles. The van der Waals surface area contributed by atoms with E-state index in [0.29, 0.717) is 0 Å². The molecule has 0 aromatic heterocycles. The van der Waals surface area contributed by atoms with E-state index in [4.69, 9.17) is 5.73 Å². The molecule has 2 aromatic carbocycles. The van der Waals surface area contributed by atoms with Gasteiger partial charge in [0.05, 0.1) is 0 Å². The highest BCUT2D eigenvalue weighted by atomic mass is 32.2. The van der Waals surface area contributed by atoms with E-state index >= 15 is 0 Å². The lowest BCUT2D eigenvalue weighted by Gasteiger charge is -2.03. The van der Waals surface area contributed by atoms with E-state index in [1.807, 2.05) is 23.9 Å². The summed E-state index contributed by atoms with van der Waals surface area (Å²) in [4.78, 5) is 1.26. The summed E-state index contributed by atoms with van der Waals surface area (Å²) in [5, 5.41) is 0. The van der Waals surface area contributed by atoms with Gasteiger partial charge in [-0.2, -0.15) is 0 Å². The van der Waals surface area contributed by atoms with Crippen molar-refractivity contribution in [1.29, 1.82) is 0 Å². The highest BCUT2D eigenvalue weighted by Gasteiger charge is 1.97. The Kier molecular flexibility index (Phi) is 4.10. The van der Waals surface area contributed by atoms with Crippen LogP contribution in [0.4, 0.5) is 5.69 Å². The monoisotopic (exact) mass is 243 g/mol. The van der Waals surface area contributed by atoms with Gasteiger partial charge >= 0.3 is 0 Å². The molecule has 17 heavy (non-hydrogen) atoms. The van der Waals surface area contributed by atoms with Crippen molar-refractivity contribution in [1.82, 2.24) is 0 Å². The molecule has 0 unspecified atom stereocenters. The molecule has 2 N–H and O–H groups in total. The SMILES string of the molecule is CCc1ccc(CSc2ccc(N)cc2)cc1. The lowest BCUT2D eigenvalue weighted by Crippen LogP contribution is -1.85. The van der Waals surface area contributed by atoms with Crippen LogP contribution in [0.25, 0.3) is 0 Å². The zero-order valence-electron chi connectivity index (χ0n) is 10.0. The van der Waals surface area contributed by atoms with E-state index in [-0.39, 0.29) is 0 Å². The summed E-state index contributed by atoms with van der Waals surface area (Å²) in [7, 11) is 0. The first-order valence-electron chi connectivity index (χ1n) is 5.84. The Hall–Kier alpha value is -1.41. The van der Waals surface area contributed by atoms with Gasteiger partial charge in [0, 0.05) is 16.3 Å². The highest BCUT2D eigenvalue weighted by Crippen LogP contribution is 2.23. The molecule has 88 valence electrons. The number of anilines is 1. The summed E-state index contributed by atoms with van der Waals surface area (Å²) < 4.78 is 0. The first-order chi connectivity index (χ1) is 8.28. The van der Waals surface area contributed by atoms with Crippen molar-refractivity contribution in [2.24, 2.45) is 0 Å². The van der Waals surface area contributed by atoms with E-state index in [2.05, 4.69) is 43.3 Å². The van der Waals surface area contributed by atoms with Crippen molar-refractivity contribution in [3.05, 3.63) is 59.7 Å². The van der Waals surface area contributed by atoms with Crippen molar-refractivity contribution in [2.75, 3.05) is 5.73 Å². The van der Waals surface area contributed by atoms with Crippen LogP contribution in [0.15, 0.2) is 53.4 Å². The third-order valence-electron chi connectivity index (χ3n) is 2.72. The molecule has 0 aliphatic rings. The summed E-state index contributed by atoms with van der Waals surface area (Å²) in [6, 6.07) is 16.9. The second kappa shape index (κ2) is 5.78. The Morgan fingerprint density at radius 1 is 0.882 bits per heavy atom. The second-order valence-corrected chi connectivity index (χ2v) is 5.08. The summed E-state index contributed by atoms with van der Waals surface area (Å²) in [6.45, 7) is 2.18. The number of nitrogen functional groups attached to an aromatic ring is 1. The Labute approximate surface area is 107 Å². The van der Waals surface area contributed by atoms with Crippen LogP contribution in [0.5, 0.6) is 0 Å². The van der Waals surface area contributed by atoms with Gasteiger partial charge in [0.25, 0.3) is 0 Å². The molecule has 0 aliphatic heterocycles. The van der Waals surface area contributed by atoms with E-state index < -0.39 is 0 Å². The minimum absolute atomic E-state index is 0.821. The quantitative estimate of drug-likeness (QED) is 0.645. The van der Waals surface area contributed by atoms with Crippen LogP contribution in [0, 0.1) is 0 Å². The summed E-state index contributed by atoms with van der Waals surface area (Å²) in [6.07, 6.45) is 1.10. The van der Waals surface area contributed by atoms with Crippen LogP contribution < -0.4 is 5.73 Å². The van der Waals surface area contributed by atoms with Gasteiger partial charge in [-0.1, -0.05) is 31.2 Å². The fourth-order valence-electron chi connectivity index (χ4n) is 1.60. The molecule has 2 rings (SSSR count). The largest absolute Gasteiger partial charge is 0.399 e. The number of hydrogen-bond acceptors (Lipinski definition) is 2. The Balaban J connectivity index is 1.95. The van der Waals surface area contributed by atoms with Crippen LogP contribution in [0.2, 0.25) is 0 Å².